The van der Waals surface area contributed by atoms with E-state index in [0.717, 1.165) is 5.56 Å². The normalized spacial score (nSPS) is 24.6. The summed E-state index contributed by atoms with van der Waals surface area (Å²) >= 11 is 3.22. The van der Waals surface area contributed by atoms with Crippen LogP contribution in [-0.2, 0) is 4.79 Å². The minimum Gasteiger partial charge on any atom is -0.481 e. The van der Waals surface area contributed by atoms with E-state index in [2.05, 4.69) is 21.2 Å². The van der Waals surface area contributed by atoms with E-state index in [1.807, 2.05) is 6.07 Å². The molecule has 1 fully saturated rings. The summed E-state index contributed by atoms with van der Waals surface area (Å²) in [6, 6.07) is 4.55. The van der Waals surface area contributed by atoms with Gasteiger partial charge in [-0.1, -0.05) is 15.9 Å². The molecule has 1 heterocycles. The molecule has 3 nitrogen and oxygen atoms in total. The average Bonchev–Trinajstić information content (AvgIpc) is 2.64. The first-order valence-electron chi connectivity index (χ1n) is 4.98. The number of halogens is 2. The molecule has 1 aromatic rings. The van der Waals surface area contributed by atoms with Crippen LogP contribution in [0.25, 0.3) is 0 Å². The van der Waals surface area contributed by atoms with Crippen molar-refractivity contribution in [3.8, 4) is 0 Å². The summed E-state index contributed by atoms with van der Waals surface area (Å²) in [5.74, 6) is -1.50. The number of benzene rings is 1. The van der Waals surface area contributed by atoms with Crippen LogP contribution in [0.3, 0.4) is 0 Å². The van der Waals surface area contributed by atoms with Crippen molar-refractivity contribution in [2.45, 2.75) is 12.5 Å². The van der Waals surface area contributed by atoms with E-state index in [0.29, 0.717) is 17.4 Å². The molecule has 16 heavy (non-hydrogen) atoms. The molecule has 0 amide bonds. The predicted molar refractivity (Wildman–Crippen MR) is 60.6 cm³/mol. The molecule has 1 saturated heterocycles. The molecular weight excluding hydrogens is 277 g/mol. The first-order valence-corrected chi connectivity index (χ1v) is 5.78. The van der Waals surface area contributed by atoms with Crippen LogP contribution < -0.4 is 5.32 Å². The maximum Gasteiger partial charge on any atom is 0.307 e. The summed E-state index contributed by atoms with van der Waals surface area (Å²) in [5, 5.41) is 12.0. The van der Waals surface area contributed by atoms with Gasteiger partial charge in [0.15, 0.2) is 0 Å². The first-order chi connectivity index (χ1) is 7.56. The molecule has 2 rings (SSSR count). The summed E-state index contributed by atoms with van der Waals surface area (Å²) in [5.41, 5.74) is 0.788. The minimum atomic E-state index is -0.800. The Morgan fingerprint density at radius 1 is 1.50 bits per heavy atom. The highest BCUT2D eigenvalue weighted by Gasteiger charge is 2.30. The number of aliphatic carboxylic acids is 1. The van der Waals surface area contributed by atoms with E-state index in [1.165, 1.54) is 12.1 Å². The van der Waals surface area contributed by atoms with Gasteiger partial charge < -0.3 is 10.4 Å². The Morgan fingerprint density at radius 3 is 2.81 bits per heavy atom. The van der Waals surface area contributed by atoms with Crippen LogP contribution in [0.1, 0.15) is 18.0 Å². The van der Waals surface area contributed by atoms with Gasteiger partial charge in [0.1, 0.15) is 5.82 Å². The lowest BCUT2D eigenvalue weighted by atomic mass is 10.0. The average molecular weight is 288 g/mol. The lowest BCUT2D eigenvalue weighted by Gasteiger charge is -2.11. The molecule has 2 atom stereocenters. The van der Waals surface area contributed by atoms with Crippen LogP contribution in [0.5, 0.6) is 0 Å². The van der Waals surface area contributed by atoms with Crippen LogP contribution in [0.15, 0.2) is 22.7 Å². The van der Waals surface area contributed by atoms with Gasteiger partial charge in [-0.3, -0.25) is 4.79 Å². The number of hydrogen-bond donors (Lipinski definition) is 2. The molecule has 0 aliphatic carbocycles. The summed E-state index contributed by atoms with van der Waals surface area (Å²) in [6.07, 6.45) is 0.505. The van der Waals surface area contributed by atoms with Crippen LogP contribution >= 0.6 is 15.9 Å². The predicted octanol–water partition coefficient (Wildman–Crippen LogP) is 2.32. The molecule has 1 aliphatic heterocycles. The van der Waals surface area contributed by atoms with E-state index < -0.39 is 5.97 Å². The van der Waals surface area contributed by atoms with Gasteiger partial charge in [0.25, 0.3) is 0 Å². The highest BCUT2D eigenvalue weighted by molar-refractivity contribution is 9.10. The molecule has 2 N–H and O–H groups in total. The fraction of sp³-hybridized carbons (Fsp3) is 0.364. The largest absolute Gasteiger partial charge is 0.481 e. The second-order valence-electron chi connectivity index (χ2n) is 3.93. The molecule has 0 bridgehead atoms. The van der Waals surface area contributed by atoms with E-state index in [9.17, 15) is 9.18 Å². The third-order valence-corrected chi connectivity index (χ3v) is 3.23. The van der Waals surface area contributed by atoms with Crippen molar-refractivity contribution in [2.24, 2.45) is 5.92 Å². The van der Waals surface area contributed by atoms with Crippen molar-refractivity contribution in [1.29, 1.82) is 0 Å². The van der Waals surface area contributed by atoms with Crippen molar-refractivity contribution in [3.05, 3.63) is 34.1 Å². The molecule has 1 aromatic carbocycles. The summed E-state index contributed by atoms with van der Waals surface area (Å²) in [4.78, 5) is 10.8. The van der Waals surface area contributed by atoms with Gasteiger partial charge >= 0.3 is 5.97 Å². The maximum absolute atomic E-state index is 13.2. The molecule has 86 valence electrons. The Bertz CT molecular complexity index is 404. The summed E-state index contributed by atoms with van der Waals surface area (Å²) in [7, 11) is 0. The first kappa shape index (κ1) is 11.5. The van der Waals surface area contributed by atoms with E-state index in [-0.39, 0.29) is 17.8 Å². The lowest BCUT2D eigenvalue weighted by molar-refractivity contribution is -0.141. The Labute approximate surface area is 101 Å². The third-order valence-electron chi connectivity index (χ3n) is 2.77. The Kier molecular flexibility index (Phi) is 3.25. The molecular formula is C11H11BrFNO2. The second-order valence-corrected chi connectivity index (χ2v) is 4.85. The Balaban J connectivity index is 2.17. The van der Waals surface area contributed by atoms with Gasteiger partial charge in [-0.25, -0.2) is 4.39 Å². The second kappa shape index (κ2) is 4.51. The van der Waals surface area contributed by atoms with Crippen LogP contribution in [0, 0.1) is 11.7 Å². The van der Waals surface area contributed by atoms with Gasteiger partial charge in [-0.15, -0.1) is 0 Å². The minimum absolute atomic E-state index is 0.0758. The SMILES string of the molecule is O=C(O)C1CNC(c2cc(F)cc(Br)c2)C1. The van der Waals surface area contributed by atoms with Crippen molar-refractivity contribution >= 4 is 21.9 Å². The zero-order valence-corrected chi connectivity index (χ0v) is 10.00. The number of carboxylic acid groups (broad SMARTS) is 1. The van der Waals surface area contributed by atoms with Crippen molar-refractivity contribution in [2.75, 3.05) is 6.54 Å². The smallest absolute Gasteiger partial charge is 0.307 e. The number of carboxylic acids is 1. The van der Waals surface area contributed by atoms with Crippen molar-refractivity contribution in [1.82, 2.24) is 5.32 Å². The van der Waals surface area contributed by atoms with Gasteiger partial charge in [-0.2, -0.15) is 0 Å². The number of nitrogens with one attached hydrogen (secondary N) is 1. The molecule has 2 unspecified atom stereocenters. The van der Waals surface area contributed by atoms with Gasteiger partial charge in [0, 0.05) is 17.1 Å². The summed E-state index contributed by atoms with van der Waals surface area (Å²) < 4.78 is 13.8. The molecule has 1 aliphatic rings. The summed E-state index contributed by atoms with van der Waals surface area (Å²) in [6.45, 7) is 0.439. The number of hydrogen-bond acceptors (Lipinski definition) is 2. The highest BCUT2D eigenvalue weighted by atomic mass is 79.9. The monoisotopic (exact) mass is 287 g/mol. The zero-order chi connectivity index (χ0) is 11.7. The maximum atomic E-state index is 13.2. The number of carbonyl (C=O) groups is 1. The standard InChI is InChI=1S/C11H11BrFNO2/c12-8-1-6(2-9(13)4-8)10-3-7(5-14-10)11(15)16/h1-2,4,7,10,14H,3,5H2,(H,15,16). The zero-order valence-electron chi connectivity index (χ0n) is 8.41. The molecule has 0 aromatic heterocycles. The lowest BCUT2D eigenvalue weighted by Crippen LogP contribution is -2.17. The van der Waals surface area contributed by atoms with Crippen LogP contribution in [-0.4, -0.2) is 17.6 Å². The van der Waals surface area contributed by atoms with Crippen molar-refractivity contribution in [3.63, 3.8) is 0 Å². The van der Waals surface area contributed by atoms with Crippen molar-refractivity contribution < 1.29 is 14.3 Å². The molecule has 0 radical (unpaired) electrons. The topological polar surface area (TPSA) is 49.3 Å². The van der Waals surface area contributed by atoms with E-state index in [4.69, 9.17) is 5.11 Å². The molecule has 5 heteroatoms. The fourth-order valence-corrected chi connectivity index (χ4v) is 2.44. The third kappa shape index (κ3) is 2.41. The molecule has 0 saturated carbocycles. The van der Waals surface area contributed by atoms with Gasteiger partial charge in [0.05, 0.1) is 5.92 Å². The van der Waals surface area contributed by atoms with Gasteiger partial charge in [-0.05, 0) is 30.2 Å². The quantitative estimate of drug-likeness (QED) is 0.878. The van der Waals surface area contributed by atoms with Crippen LogP contribution in [0.4, 0.5) is 4.39 Å². The molecule has 0 spiro atoms. The van der Waals surface area contributed by atoms with Gasteiger partial charge in [0.2, 0.25) is 0 Å². The highest BCUT2D eigenvalue weighted by Crippen LogP contribution is 2.29. The Morgan fingerprint density at radius 2 is 2.25 bits per heavy atom. The fourth-order valence-electron chi connectivity index (χ4n) is 1.95. The van der Waals surface area contributed by atoms with E-state index >= 15 is 0 Å². The van der Waals surface area contributed by atoms with E-state index in [1.54, 1.807) is 0 Å². The Hall–Kier alpha value is -0.940. The van der Waals surface area contributed by atoms with Crippen LogP contribution in [0.2, 0.25) is 0 Å². The number of rotatable bonds is 2.